The predicted octanol–water partition coefficient (Wildman–Crippen LogP) is 10.8. The van der Waals surface area contributed by atoms with Gasteiger partial charge in [-0.2, -0.15) is 0 Å². The fourth-order valence-corrected chi connectivity index (χ4v) is 5.91. The smallest absolute Gasteiger partial charge is 0.132 e. The molecule has 0 atom stereocenters. The van der Waals surface area contributed by atoms with Crippen molar-refractivity contribution in [2.45, 2.75) is 6.42 Å². The standard InChI is InChI=1S/C37H25BrO/c38-35-12-7-13-37-34(35)24-31-22-30(19-21-36(31)39-37)32-20-18-29(23-33(32)28-10-5-2-6-11-28)27-16-14-26(15-17-27)25-8-3-1-4-9-25/h1-23H,24H2. The summed E-state index contributed by atoms with van der Waals surface area (Å²) in [4.78, 5) is 0. The van der Waals surface area contributed by atoms with Crippen LogP contribution in [0, 0.1) is 0 Å². The van der Waals surface area contributed by atoms with Gasteiger partial charge in [0.15, 0.2) is 0 Å². The average Bonchev–Trinajstić information content (AvgIpc) is 3.01. The molecule has 0 saturated heterocycles. The van der Waals surface area contributed by atoms with E-state index in [1.54, 1.807) is 0 Å². The summed E-state index contributed by atoms with van der Waals surface area (Å²) in [6.07, 6.45) is 0.840. The quantitative estimate of drug-likeness (QED) is 0.206. The van der Waals surface area contributed by atoms with Crippen LogP contribution >= 0.6 is 15.9 Å². The summed E-state index contributed by atoms with van der Waals surface area (Å²) in [5.74, 6) is 1.86. The molecule has 0 radical (unpaired) electrons. The maximum Gasteiger partial charge on any atom is 0.132 e. The highest BCUT2D eigenvalue weighted by Gasteiger charge is 2.20. The van der Waals surface area contributed by atoms with E-state index in [4.69, 9.17) is 4.74 Å². The highest BCUT2D eigenvalue weighted by atomic mass is 79.9. The topological polar surface area (TPSA) is 9.23 Å². The van der Waals surface area contributed by atoms with Crippen LogP contribution in [-0.4, -0.2) is 0 Å². The first-order valence-corrected chi connectivity index (χ1v) is 14.0. The number of benzene rings is 6. The van der Waals surface area contributed by atoms with Crippen LogP contribution in [0.25, 0.3) is 44.5 Å². The van der Waals surface area contributed by atoms with Gasteiger partial charge in [0.05, 0.1) is 0 Å². The average molecular weight is 566 g/mol. The monoisotopic (exact) mass is 564 g/mol. The van der Waals surface area contributed by atoms with Crippen LogP contribution in [0.1, 0.15) is 11.1 Å². The van der Waals surface area contributed by atoms with Gasteiger partial charge < -0.3 is 4.74 Å². The highest BCUT2D eigenvalue weighted by Crippen LogP contribution is 2.43. The second-order valence-electron chi connectivity index (χ2n) is 9.89. The van der Waals surface area contributed by atoms with E-state index in [0.29, 0.717) is 0 Å². The van der Waals surface area contributed by atoms with E-state index in [2.05, 4.69) is 143 Å². The number of halogens is 1. The lowest BCUT2D eigenvalue weighted by atomic mass is 9.89. The lowest BCUT2D eigenvalue weighted by molar-refractivity contribution is 0.459. The number of hydrogen-bond acceptors (Lipinski definition) is 1. The molecule has 0 amide bonds. The molecule has 0 aliphatic carbocycles. The van der Waals surface area contributed by atoms with Crippen molar-refractivity contribution in [2.75, 3.05) is 0 Å². The van der Waals surface area contributed by atoms with Gasteiger partial charge in [0.1, 0.15) is 11.5 Å². The van der Waals surface area contributed by atoms with Gasteiger partial charge in [-0.25, -0.2) is 0 Å². The van der Waals surface area contributed by atoms with Crippen LogP contribution in [0.4, 0.5) is 0 Å². The summed E-state index contributed by atoms with van der Waals surface area (Å²) in [5.41, 5.74) is 12.1. The minimum atomic E-state index is 0.840. The number of rotatable bonds is 4. The van der Waals surface area contributed by atoms with Gasteiger partial charge in [-0.1, -0.05) is 125 Å². The van der Waals surface area contributed by atoms with E-state index in [0.717, 1.165) is 22.4 Å². The Morgan fingerprint density at radius 3 is 1.79 bits per heavy atom. The second-order valence-corrected chi connectivity index (χ2v) is 10.7. The van der Waals surface area contributed by atoms with Crippen molar-refractivity contribution in [1.29, 1.82) is 0 Å². The molecule has 0 fully saturated rings. The number of hydrogen-bond donors (Lipinski definition) is 0. The molecule has 6 aromatic rings. The molecule has 1 aliphatic heterocycles. The molecule has 0 spiro atoms. The van der Waals surface area contributed by atoms with E-state index in [-0.39, 0.29) is 0 Å². The fraction of sp³-hybridized carbons (Fsp3) is 0.0270. The maximum absolute atomic E-state index is 6.25. The lowest BCUT2D eigenvalue weighted by Crippen LogP contribution is -2.04. The Labute approximate surface area is 237 Å². The van der Waals surface area contributed by atoms with E-state index < -0.39 is 0 Å². The zero-order chi connectivity index (χ0) is 26.2. The molecule has 0 N–H and O–H groups in total. The van der Waals surface area contributed by atoms with Crippen molar-refractivity contribution >= 4 is 15.9 Å². The molecule has 1 heterocycles. The van der Waals surface area contributed by atoms with Crippen molar-refractivity contribution in [1.82, 2.24) is 0 Å². The molecule has 6 aromatic carbocycles. The molecule has 0 saturated carbocycles. The van der Waals surface area contributed by atoms with Gasteiger partial charge in [-0.05, 0) is 80.4 Å². The summed E-state index contributed by atoms with van der Waals surface area (Å²) in [6, 6.07) is 49.6. The summed E-state index contributed by atoms with van der Waals surface area (Å²) < 4.78 is 7.34. The minimum absolute atomic E-state index is 0.840. The zero-order valence-electron chi connectivity index (χ0n) is 21.3. The maximum atomic E-state index is 6.25. The normalized spacial score (nSPS) is 11.8. The Morgan fingerprint density at radius 1 is 0.436 bits per heavy atom. The first-order chi connectivity index (χ1) is 19.2. The van der Waals surface area contributed by atoms with Gasteiger partial charge in [-0.3, -0.25) is 0 Å². The number of fused-ring (bicyclic) bond motifs is 2. The molecular formula is C37H25BrO. The molecular weight excluding hydrogens is 540 g/mol. The van der Waals surface area contributed by atoms with Gasteiger partial charge >= 0.3 is 0 Å². The second kappa shape index (κ2) is 10.1. The molecule has 7 rings (SSSR count). The third kappa shape index (κ3) is 4.58. The number of ether oxygens (including phenoxy) is 1. The molecule has 2 heteroatoms. The zero-order valence-corrected chi connectivity index (χ0v) is 22.9. The van der Waals surface area contributed by atoms with Crippen LogP contribution in [0.2, 0.25) is 0 Å². The van der Waals surface area contributed by atoms with Gasteiger partial charge in [0, 0.05) is 16.5 Å². The largest absolute Gasteiger partial charge is 0.457 e. The van der Waals surface area contributed by atoms with Crippen molar-refractivity contribution in [3.05, 3.63) is 155 Å². The minimum Gasteiger partial charge on any atom is -0.457 e. The Morgan fingerprint density at radius 2 is 1.05 bits per heavy atom. The van der Waals surface area contributed by atoms with E-state index in [1.165, 1.54) is 55.6 Å². The van der Waals surface area contributed by atoms with Gasteiger partial charge in [0.25, 0.3) is 0 Å². The molecule has 1 nitrogen and oxygen atoms in total. The molecule has 0 aromatic heterocycles. The van der Waals surface area contributed by atoms with Crippen LogP contribution in [-0.2, 0) is 6.42 Å². The molecule has 0 unspecified atom stereocenters. The van der Waals surface area contributed by atoms with Crippen molar-refractivity contribution in [2.24, 2.45) is 0 Å². The lowest BCUT2D eigenvalue weighted by Gasteiger charge is -2.22. The Kier molecular flexibility index (Phi) is 6.11. The summed E-state index contributed by atoms with van der Waals surface area (Å²) in [5, 5.41) is 0. The molecule has 186 valence electrons. The van der Waals surface area contributed by atoms with Crippen LogP contribution in [0.5, 0.6) is 11.5 Å². The first-order valence-electron chi connectivity index (χ1n) is 13.2. The third-order valence-electron chi connectivity index (χ3n) is 7.46. The first kappa shape index (κ1) is 23.7. The van der Waals surface area contributed by atoms with Crippen LogP contribution < -0.4 is 4.74 Å². The Bertz CT molecular complexity index is 1790. The molecule has 39 heavy (non-hydrogen) atoms. The van der Waals surface area contributed by atoms with E-state index in [9.17, 15) is 0 Å². The van der Waals surface area contributed by atoms with E-state index in [1.807, 2.05) is 12.1 Å². The fourth-order valence-electron chi connectivity index (χ4n) is 5.42. The Balaban J connectivity index is 1.29. The van der Waals surface area contributed by atoms with Crippen LogP contribution in [0.3, 0.4) is 0 Å². The highest BCUT2D eigenvalue weighted by molar-refractivity contribution is 9.10. The molecule has 1 aliphatic rings. The van der Waals surface area contributed by atoms with Gasteiger partial charge in [0.2, 0.25) is 0 Å². The molecule has 0 bridgehead atoms. The predicted molar refractivity (Wildman–Crippen MR) is 165 cm³/mol. The summed E-state index contributed by atoms with van der Waals surface area (Å²) >= 11 is 3.71. The van der Waals surface area contributed by atoms with E-state index >= 15 is 0 Å². The summed E-state index contributed by atoms with van der Waals surface area (Å²) in [7, 11) is 0. The summed E-state index contributed by atoms with van der Waals surface area (Å²) in [6.45, 7) is 0. The van der Waals surface area contributed by atoms with Gasteiger partial charge in [-0.15, -0.1) is 0 Å². The third-order valence-corrected chi connectivity index (χ3v) is 8.21. The Hall–Kier alpha value is -4.40. The van der Waals surface area contributed by atoms with Crippen molar-refractivity contribution in [3.8, 4) is 56.0 Å². The SMILES string of the molecule is Brc1cccc2c1Cc1cc(-c3ccc(-c4ccc(-c5ccccc5)cc4)cc3-c3ccccc3)ccc1O2. The van der Waals surface area contributed by atoms with Crippen LogP contribution in [0.15, 0.2) is 144 Å². The van der Waals surface area contributed by atoms with Crippen molar-refractivity contribution < 1.29 is 4.74 Å². The van der Waals surface area contributed by atoms with Crippen molar-refractivity contribution in [3.63, 3.8) is 0 Å².